The highest BCUT2D eigenvalue weighted by Crippen LogP contribution is 2.22. The Balaban J connectivity index is 1.50. The number of methoxy groups -OCH3 is 1. The largest absolute Gasteiger partial charge is 0.496 e. The Morgan fingerprint density at radius 1 is 1.22 bits per heavy atom. The van der Waals surface area contributed by atoms with Crippen LogP contribution in [0.3, 0.4) is 0 Å². The van der Waals surface area contributed by atoms with Crippen molar-refractivity contribution in [3.63, 3.8) is 0 Å². The molecule has 1 saturated heterocycles. The van der Waals surface area contributed by atoms with Crippen LogP contribution in [0.1, 0.15) is 28.8 Å². The number of rotatable bonds is 6. The molecular weight excluding hydrogens is 340 g/mol. The van der Waals surface area contributed by atoms with Crippen molar-refractivity contribution in [3.8, 4) is 5.75 Å². The van der Waals surface area contributed by atoms with Gasteiger partial charge in [-0.3, -0.25) is 9.69 Å². The van der Waals surface area contributed by atoms with Crippen molar-refractivity contribution in [1.29, 1.82) is 0 Å². The average Bonchev–Trinajstić information content (AvgIpc) is 2.70. The monoisotopic (exact) mass is 368 g/mol. The molecule has 0 unspecified atom stereocenters. The highest BCUT2D eigenvalue weighted by molar-refractivity contribution is 5.93. The van der Waals surface area contributed by atoms with Crippen LogP contribution >= 0.6 is 0 Å². The molecule has 3 rings (SSSR count). The topological polar surface area (TPSA) is 57.7 Å². The van der Waals surface area contributed by atoms with Crippen LogP contribution in [0, 0.1) is 0 Å². The van der Waals surface area contributed by atoms with Gasteiger partial charge < -0.3 is 15.0 Å². The zero-order valence-corrected chi connectivity index (χ0v) is 16.3. The minimum Gasteiger partial charge on any atom is -0.496 e. The van der Waals surface area contributed by atoms with Gasteiger partial charge in [0, 0.05) is 51.5 Å². The fraction of sp³-hybridized carbons (Fsp3) is 0.429. The van der Waals surface area contributed by atoms with Crippen LogP contribution in [-0.2, 0) is 6.54 Å². The Morgan fingerprint density at radius 3 is 2.59 bits per heavy atom. The molecular formula is C21H28N4O2. The summed E-state index contributed by atoms with van der Waals surface area (Å²) >= 11 is 0. The van der Waals surface area contributed by atoms with Crippen molar-refractivity contribution in [1.82, 2.24) is 14.8 Å². The van der Waals surface area contributed by atoms with Crippen LogP contribution in [0.2, 0.25) is 0 Å². The van der Waals surface area contributed by atoms with Gasteiger partial charge in [-0.05, 0) is 31.0 Å². The third kappa shape index (κ3) is 4.98. The molecule has 0 aliphatic carbocycles. The molecule has 0 atom stereocenters. The van der Waals surface area contributed by atoms with E-state index in [2.05, 4.69) is 27.3 Å². The van der Waals surface area contributed by atoms with Gasteiger partial charge in [-0.15, -0.1) is 0 Å². The van der Waals surface area contributed by atoms with E-state index in [-0.39, 0.29) is 5.91 Å². The van der Waals surface area contributed by atoms with Crippen LogP contribution < -0.4 is 10.1 Å². The number of hydrogen-bond donors (Lipinski definition) is 1. The number of carbonyl (C=O) groups excluding carboxylic acids is 1. The second-order valence-electron chi connectivity index (χ2n) is 7.14. The lowest BCUT2D eigenvalue weighted by Gasteiger charge is -2.32. The van der Waals surface area contributed by atoms with E-state index in [0.29, 0.717) is 11.6 Å². The lowest BCUT2D eigenvalue weighted by atomic mass is 10.0. The number of ether oxygens (including phenoxy) is 1. The summed E-state index contributed by atoms with van der Waals surface area (Å²) in [5.74, 6) is 1.75. The third-order valence-electron chi connectivity index (χ3n) is 4.94. The molecule has 1 fully saturated rings. The lowest BCUT2D eigenvalue weighted by Crippen LogP contribution is -2.38. The van der Waals surface area contributed by atoms with Crippen LogP contribution in [0.5, 0.6) is 5.75 Å². The lowest BCUT2D eigenvalue weighted by molar-refractivity contribution is 0.0827. The summed E-state index contributed by atoms with van der Waals surface area (Å²) in [4.78, 5) is 20.3. The van der Waals surface area contributed by atoms with Gasteiger partial charge in [-0.1, -0.05) is 18.2 Å². The maximum absolute atomic E-state index is 11.9. The number of amides is 1. The molecule has 144 valence electrons. The van der Waals surface area contributed by atoms with Gasteiger partial charge in [-0.2, -0.15) is 0 Å². The molecule has 0 radical (unpaired) electrons. The number of aromatic nitrogens is 1. The van der Waals surface area contributed by atoms with Gasteiger partial charge in [0.2, 0.25) is 0 Å². The van der Waals surface area contributed by atoms with Crippen molar-refractivity contribution >= 4 is 11.7 Å². The predicted molar refractivity (Wildman–Crippen MR) is 107 cm³/mol. The predicted octanol–water partition coefficient (Wildman–Crippen LogP) is 2.87. The molecule has 2 aromatic rings. The minimum atomic E-state index is -0.0290. The van der Waals surface area contributed by atoms with Gasteiger partial charge in [-0.25, -0.2) is 4.98 Å². The first-order chi connectivity index (χ1) is 13.1. The maximum atomic E-state index is 11.9. The van der Waals surface area contributed by atoms with Crippen molar-refractivity contribution in [3.05, 3.63) is 53.7 Å². The summed E-state index contributed by atoms with van der Waals surface area (Å²) in [5.41, 5.74) is 1.84. The Kier molecular flexibility index (Phi) is 6.29. The molecule has 1 N–H and O–H groups in total. The second-order valence-corrected chi connectivity index (χ2v) is 7.14. The average molecular weight is 368 g/mol. The molecule has 0 saturated carbocycles. The van der Waals surface area contributed by atoms with E-state index in [1.54, 1.807) is 32.3 Å². The Hall–Kier alpha value is -2.60. The highest BCUT2D eigenvalue weighted by atomic mass is 16.5. The Bertz CT molecular complexity index is 753. The Morgan fingerprint density at radius 2 is 1.96 bits per heavy atom. The number of hydrogen-bond acceptors (Lipinski definition) is 5. The van der Waals surface area contributed by atoms with E-state index in [9.17, 15) is 4.79 Å². The minimum absolute atomic E-state index is 0.0290. The van der Waals surface area contributed by atoms with E-state index in [4.69, 9.17) is 4.74 Å². The number of likely N-dealkylation sites (tertiary alicyclic amines) is 1. The molecule has 1 amide bonds. The van der Waals surface area contributed by atoms with Crippen LogP contribution in [0.25, 0.3) is 0 Å². The van der Waals surface area contributed by atoms with Gasteiger partial charge in [0.25, 0.3) is 5.91 Å². The first kappa shape index (κ1) is 19.2. The van der Waals surface area contributed by atoms with E-state index in [1.165, 1.54) is 5.56 Å². The number of benzene rings is 1. The number of piperidine rings is 1. The van der Waals surface area contributed by atoms with Crippen molar-refractivity contribution < 1.29 is 9.53 Å². The summed E-state index contributed by atoms with van der Waals surface area (Å²) in [7, 11) is 5.21. The van der Waals surface area contributed by atoms with Gasteiger partial charge in [0.05, 0.1) is 12.7 Å². The smallest absolute Gasteiger partial charge is 0.254 e. The van der Waals surface area contributed by atoms with E-state index >= 15 is 0 Å². The van der Waals surface area contributed by atoms with Crippen LogP contribution in [-0.4, -0.2) is 61.0 Å². The number of para-hydroxylation sites is 1. The number of nitrogens with zero attached hydrogens (tertiary/aromatic N) is 3. The van der Waals surface area contributed by atoms with Gasteiger partial charge in [0.15, 0.2) is 0 Å². The zero-order valence-electron chi connectivity index (χ0n) is 16.3. The molecule has 1 aromatic carbocycles. The molecule has 2 heterocycles. The Labute approximate surface area is 161 Å². The van der Waals surface area contributed by atoms with Crippen molar-refractivity contribution in [2.75, 3.05) is 39.6 Å². The fourth-order valence-electron chi connectivity index (χ4n) is 3.38. The SMILES string of the molecule is COc1ccccc1CN1CCC(Nc2ccc(C(=O)N(C)C)cn2)CC1. The number of pyridine rings is 1. The van der Waals surface area contributed by atoms with Gasteiger partial charge >= 0.3 is 0 Å². The second kappa shape index (κ2) is 8.86. The van der Waals surface area contributed by atoms with E-state index in [0.717, 1.165) is 44.0 Å². The first-order valence-electron chi connectivity index (χ1n) is 9.35. The van der Waals surface area contributed by atoms with Crippen molar-refractivity contribution in [2.45, 2.75) is 25.4 Å². The third-order valence-corrected chi connectivity index (χ3v) is 4.94. The molecule has 27 heavy (non-hydrogen) atoms. The number of nitrogens with one attached hydrogen (secondary N) is 1. The summed E-state index contributed by atoms with van der Waals surface area (Å²) in [5, 5.41) is 3.50. The van der Waals surface area contributed by atoms with Gasteiger partial charge in [0.1, 0.15) is 11.6 Å². The molecule has 6 heteroatoms. The molecule has 6 nitrogen and oxygen atoms in total. The number of carbonyl (C=O) groups is 1. The molecule has 0 spiro atoms. The summed E-state index contributed by atoms with van der Waals surface area (Å²) < 4.78 is 5.45. The summed E-state index contributed by atoms with van der Waals surface area (Å²) in [6.07, 6.45) is 3.77. The molecule has 1 aromatic heterocycles. The highest BCUT2D eigenvalue weighted by Gasteiger charge is 2.20. The summed E-state index contributed by atoms with van der Waals surface area (Å²) in [6, 6.07) is 12.3. The molecule has 0 bridgehead atoms. The normalized spacial score (nSPS) is 15.4. The van der Waals surface area contributed by atoms with Crippen LogP contribution in [0.15, 0.2) is 42.6 Å². The first-order valence-corrected chi connectivity index (χ1v) is 9.35. The molecule has 1 aliphatic rings. The standard InChI is InChI=1S/C21H28N4O2/c1-24(2)21(26)16-8-9-20(22-14-16)23-18-10-12-25(13-11-18)15-17-6-4-5-7-19(17)27-3/h4-9,14,18H,10-13,15H2,1-3H3,(H,22,23). The number of anilines is 1. The fourth-order valence-corrected chi connectivity index (χ4v) is 3.38. The van der Waals surface area contributed by atoms with Crippen molar-refractivity contribution in [2.24, 2.45) is 0 Å². The maximum Gasteiger partial charge on any atom is 0.254 e. The summed E-state index contributed by atoms with van der Waals surface area (Å²) in [6.45, 7) is 2.98. The zero-order chi connectivity index (χ0) is 19.2. The van der Waals surface area contributed by atoms with Crippen LogP contribution in [0.4, 0.5) is 5.82 Å². The van der Waals surface area contributed by atoms with E-state index < -0.39 is 0 Å². The van der Waals surface area contributed by atoms with E-state index in [1.807, 2.05) is 24.3 Å². The quantitative estimate of drug-likeness (QED) is 0.850. The molecule has 1 aliphatic heterocycles.